The van der Waals surface area contributed by atoms with E-state index in [1.807, 2.05) is 29.2 Å². The number of morpholine rings is 1. The van der Waals surface area contributed by atoms with E-state index in [0.717, 1.165) is 28.6 Å². The molecular formula is C21H21BrN4O3. The molecule has 8 heteroatoms. The lowest BCUT2D eigenvalue weighted by molar-refractivity contribution is -0.116. The van der Waals surface area contributed by atoms with Gasteiger partial charge in [0.25, 0.3) is 5.56 Å². The normalized spacial score (nSPS) is 21.5. The molecule has 0 bridgehead atoms. The number of aromatic amines is 1. The number of halogens is 1. The summed E-state index contributed by atoms with van der Waals surface area (Å²) in [6, 6.07) is 7.81. The fourth-order valence-corrected chi connectivity index (χ4v) is 4.81. The summed E-state index contributed by atoms with van der Waals surface area (Å²) in [6.07, 6.45) is 2.11. The van der Waals surface area contributed by atoms with Crippen LogP contribution < -0.4 is 15.8 Å². The van der Waals surface area contributed by atoms with Gasteiger partial charge in [0.1, 0.15) is 5.82 Å². The number of carbonyl (C=O) groups excluding carboxylic acids is 1. The van der Waals surface area contributed by atoms with Gasteiger partial charge in [0.2, 0.25) is 5.95 Å². The molecule has 1 fully saturated rings. The lowest BCUT2D eigenvalue weighted by atomic mass is 9.76. The fourth-order valence-electron chi connectivity index (χ4n) is 4.39. The van der Waals surface area contributed by atoms with E-state index in [9.17, 15) is 9.59 Å². The van der Waals surface area contributed by atoms with Crippen LogP contribution in [0.1, 0.15) is 36.3 Å². The Labute approximate surface area is 176 Å². The molecule has 1 aromatic heterocycles. The van der Waals surface area contributed by atoms with E-state index in [4.69, 9.17) is 9.72 Å². The molecule has 1 aromatic carbocycles. The molecule has 0 radical (unpaired) electrons. The number of benzene rings is 1. The molecule has 0 unspecified atom stereocenters. The van der Waals surface area contributed by atoms with Gasteiger partial charge in [-0.25, -0.2) is 0 Å². The first-order valence-electron chi connectivity index (χ1n) is 9.87. The second kappa shape index (κ2) is 7.42. The van der Waals surface area contributed by atoms with E-state index < -0.39 is 5.92 Å². The Morgan fingerprint density at radius 2 is 2.00 bits per heavy atom. The van der Waals surface area contributed by atoms with Crippen molar-refractivity contribution < 1.29 is 9.53 Å². The number of anilines is 2. The molecule has 0 saturated carbocycles. The van der Waals surface area contributed by atoms with Crippen molar-refractivity contribution in [1.82, 2.24) is 9.97 Å². The second-order valence-corrected chi connectivity index (χ2v) is 8.45. The average Bonchev–Trinajstić information content (AvgIpc) is 2.73. The zero-order valence-electron chi connectivity index (χ0n) is 15.8. The Morgan fingerprint density at radius 3 is 2.79 bits per heavy atom. The molecule has 7 nitrogen and oxygen atoms in total. The smallest absolute Gasteiger partial charge is 0.258 e. The van der Waals surface area contributed by atoms with Crippen LogP contribution in [-0.4, -0.2) is 42.1 Å². The Kier molecular flexibility index (Phi) is 4.75. The van der Waals surface area contributed by atoms with Crippen molar-refractivity contribution >= 4 is 33.5 Å². The Morgan fingerprint density at radius 1 is 1.17 bits per heavy atom. The van der Waals surface area contributed by atoms with Gasteiger partial charge in [-0.1, -0.05) is 28.1 Å². The number of Topliss-reactive ketones (excluding diaryl/α,β-unsaturated/α-hetero) is 1. The van der Waals surface area contributed by atoms with Gasteiger partial charge in [0.05, 0.1) is 18.8 Å². The lowest BCUT2D eigenvalue weighted by Gasteiger charge is -2.34. The summed E-state index contributed by atoms with van der Waals surface area (Å²) < 4.78 is 6.32. The highest BCUT2D eigenvalue weighted by Gasteiger charge is 2.38. The van der Waals surface area contributed by atoms with Gasteiger partial charge < -0.3 is 15.0 Å². The molecule has 5 rings (SSSR count). The van der Waals surface area contributed by atoms with Crippen LogP contribution in [0.3, 0.4) is 0 Å². The highest BCUT2D eigenvalue weighted by Crippen LogP contribution is 2.43. The van der Waals surface area contributed by atoms with Crippen molar-refractivity contribution in [3.8, 4) is 0 Å². The van der Waals surface area contributed by atoms with Gasteiger partial charge in [-0.15, -0.1) is 0 Å². The SMILES string of the molecule is O=C1CCCC2=C1[C@@H](c1cccc(Br)c1)c1c(nc(N3CCOCC3)[nH]c1=O)N2. The number of rotatable bonds is 2. The van der Waals surface area contributed by atoms with Crippen molar-refractivity contribution in [1.29, 1.82) is 0 Å². The van der Waals surface area contributed by atoms with E-state index in [1.54, 1.807) is 0 Å². The van der Waals surface area contributed by atoms with Crippen LogP contribution in [0.25, 0.3) is 0 Å². The molecule has 0 spiro atoms. The van der Waals surface area contributed by atoms with Gasteiger partial charge in [-0.3, -0.25) is 14.6 Å². The Bertz CT molecular complexity index is 1070. The summed E-state index contributed by atoms with van der Waals surface area (Å²) in [5.74, 6) is 0.782. The molecule has 2 N–H and O–H groups in total. The number of hydrogen-bond acceptors (Lipinski definition) is 6. The maximum atomic E-state index is 13.2. The van der Waals surface area contributed by atoms with Crippen molar-refractivity contribution in [2.24, 2.45) is 0 Å². The monoisotopic (exact) mass is 456 g/mol. The molecule has 29 heavy (non-hydrogen) atoms. The van der Waals surface area contributed by atoms with Crippen molar-refractivity contribution in [3.05, 3.63) is 61.5 Å². The number of aromatic nitrogens is 2. The topological polar surface area (TPSA) is 87.3 Å². The number of H-pyrrole nitrogens is 1. The molecule has 1 atom stereocenters. The van der Waals surface area contributed by atoms with Crippen LogP contribution in [0.15, 0.2) is 44.8 Å². The predicted octanol–water partition coefficient (Wildman–Crippen LogP) is 2.93. The number of fused-ring (bicyclic) bond motifs is 1. The lowest BCUT2D eigenvalue weighted by Crippen LogP contribution is -2.40. The van der Waals surface area contributed by atoms with Crippen molar-refractivity contribution in [2.45, 2.75) is 25.2 Å². The van der Waals surface area contributed by atoms with Crippen LogP contribution >= 0.6 is 15.9 Å². The number of ether oxygens (including phenoxy) is 1. The molecule has 2 aliphatic heterocycles. The average molecular weight is 457 g/mol. The molecular weight excluding hydrogens is 436 g/mol. The van der Waals surface area contributed by atoms with Gasteiger partial charge in [0.15, 0.2) is 5.78 Å². The number of nitrogens with zero attached hydrogens (tertiary/aromatic N) is 2. The number of carbonyl (C=O) groups is 1. The summed E-state index contributed by atoms with van der Waals surface area (Å²) in [5, 5.41) is 3.32. The maximum absolute atomic E-state index is 13.2. The first-order chi connectivity index (χ1) is 14.1. The summed E-state index contributed by atoms with van der Waals surface area (Å²) in [7, 11) is 0. The zero-order valence-corrected chi connectivity index (χ0v) is 17.4. The quantitative estimate of drug-likeness (QED) is 0.722. The Balaban J connectivity index is 1.68. The zero-order chi connectivity index (χ0) is 20.0. The van der Waals surface area contributed by atoms with E-state index in [1.165, 1.54) is 0 Å². The first-order valence-corrected chi connectivity index (χ1v) is 10.7. The summed E-state index contributed by atoms with van der Waals surface area (Å²) in [6.45, 7) is 2.59. The number of nitrogens with one attached hydrogen (secondary N) is 2. The van der Waals surface area contributed by atoms with Gasteiger partial charge in [0, 0.05) is 41.2 Å². The maximum Gasteiger partial charge on any atom is 0.258 e. The second-order valence-electron chi connectivity index (χ2n) is 7.53. The minimum atomic E-state index is -0.415. The van der Waals surface area contributed by atoms with Crippen LogP contribution in [0, 0.1) is 0 Å². The molecule has 1 aliphatic carbocycles. The van der Waals surface area contributed by atoms with Crippen LogP contribution in [0.2, 0.25) is 0 Å². The van der Waals surface area contributed by atoms with E-state index in [0.29, 0.717) is 55.6 Å². The predicted molar refractivity (Wildman–Crippen MR) is 113 cm³/mol. The van der Waals surface area contributed by atoms with E-state index in [-0.39, 0.29) is 11.3 Å². The van der Waals surface area contributed by atoms with Crippen LogP contribution in [-0.2, 0) is 9.53 Å². The van der Waals surface area contributed by atoms with Crippen molar-refractivity contribution in [3.63, 3.8) is 0 Å². The Hall–Kier alpha value is -2.45. The number of ketones is 1. The summed E-state index contributed by atoms with van der Waals surface area (Å²) in [4.78, 5) is 35.8. The first kappa shape index (κ1) is 18.6. The standard InChI is InChI=1S/C21H21BrN4O3/c22-13-4-1-3-12(11-13)16-17-14(5-2-6-15(17)27)23-19-18(16)20(28)25-21(24-19)26-7-9-29-10-8-26/h1,3-4,11,16H,2,5-10H2,(H2,23,24,25,28)/t16-/m1/s1. The molecule has 2 aromatic rings. The molecule has 150 valence electrons. The highest BCUT2D eigenvalue weighted by molar-refractivity contribution is 9.10. The number of hydrogen-bond donors (Lipinski definition) is 2. The third-order valence-corrected chi connectivity index (χ3v) is 6.23. The van der Waals surface area contributed by atoms with Crippen molar-refractivity contribution in [2.75, 3.05) is 36.5 Å². The van der Waals surface area contributed by atoms with Crippen LogP contribution in [0.4, 0.5) is 11.8 Å². The van der Waals surface area contributed by atoms with E-state index in [2.05, 4.69) is 26.2 Å². The fraction of sp³-hybridized carbons (Fsp3) is 0.381. The molecule has 3 heterocycles. The minimum Gasteiger partial charge on any atom is -0.378 e. The number of allylic oxidation sites excluding steroid dienone is 2. The molecule has 3 aliphatic rings. The summed E-state index contributed by atoms with van der Waals surface area (Å²) >= 11 is 3.52. The molecule has 1 saturated heterocycles. The highest BCUT2D eigenvalue weighted by atomic mass is 79.9. The molecule has 0 amide bonds. The largest absolute Gasteiger partial charge is 0.378 e. The van der Waals surface area contributed by atoms with Gasteiger partial charge in [-0.2, -0.15) is 4.98 Å². The van der Waals surface area contributed by atoms with Gasteiger partial charge in [-0.05, 0) is 30.5 Å². The van der Waals surface area contributed by atoms with E-state index >= 15 is 0 Å². The van der Waals surface area contributed by atoms with Crippen LogP contribution in [0.5, 0.6) is 0 Å². The third kappa shape index (κ3) is 3.30. The third-order valence-electron chi connectivity index (χ3n) is 5.74. The summed E-state index contributed by atoms with van der Waals surface area (Å²) in [5.41, 5.74) is 2.81. The van der Waals surface area contributed by atoms with Gasteiger partial charge >= 0.3 is 0 Å². The minimum absolute atomic E-state index is 0.103.